The van der Waals surface area contributed by atoms with Gasteiger partial charge in [0.2, 0.25) is 0 Å². The molecular weight excluding hydrogens is 160 g/mol. The van der Waals surface area contributed by atoms with Crippen molar-refractivity contribution in [3.8, 4) is 0 Å². The van der Waals surface area contributed by atoms with Gasteiger partial charge in [0.15, 0.2) is 0 Å². The topological polar surface area (TPSA) is 29.3 Å². The molecule has 2 N–H and O–H groups in total. The Morgan fingerprint density at radius 2 is 1.92 bits per heavy atom. The molecule has 0 aromatic rings. The molecule has 1 saturated carbocycles. The van der Waals surface area contributed by atoms with E-state index in [1.165, 1.54) is 19.4 Å². The predicted molar refractivity (Wildman–Crippen MR) is 57.7 cm³/mol. The maximum Gasteiger partial charge on any atom is 0.0278 e. The smallest absolute Gasteiger partial charge is 0.0278 e. The van der Waals surface area contributed by atoms with Crippen LogP contribution in [0.1, 0.15) is 40.5 Å². The van der Waals surface area contributed by atoms with Crippen LogP contribution < -0.4 is 5.73 Å². The van der Waals surface area contributed by atoms with Crippen molar-refractivity contribution in [2.24, 2.45) is 11.7 Å². The second-order valence-electron chi connectivity index (χ2n) is 5.29. The van der Waals surface area contributed by atoms with Gasteiger partial charge >= 0.3 is 0 Å². The van der Waals surface area contributed by atoms with Crippen molar-refractivity contribution in [2.45, 2.75) is 52.1 Å². The fraction of sp³-hybridized carbons (Fsp3) is 1.00. The van der Waals surface area contributed by atoms with Gasteiger partial charge in [-0.2, -0.15) is 0 Å². The summed E-state index contributed by atoms with van der Waals surface area (Å²) >= 11 is 0. The van der Waals surface area contributed by atoms with Gasteiger partial charge < -0.3 is 5.73 Å². The molecule has 0 amide bonds. The fourth-order valence-electron chi connectivity index (χ4n) is 1.79. The second-order valence-corrected chi connectivity index (χ2v) is 5.29. The molecule has 2 nitrogen and oxygen atoms in total. The number of nitrogens with zero attached hydrogens (tertiary/aromatic N) is 1. The first-order valence-electron chi connectivity index (χ1n) is 5.44. The van der Waals surface area contributed by atoms with Crippen LogP contribution >= 0.6 is 0 Å². The van der Waals surface area contributed by atoms with Crippen molar-refractivity contribution in [1.82, 2.24) is 4.90 Å². The molecule has 0 spiro atoms. The van der Waals surface area contributed by atoms with Crippen LogP contribution in [0.25, 0.3) is 0 Å². The standard InChI is InChI=1S/C11H24N2/c1-9(2)7-13(10-5-6-10)11(3,4)8-12/h9-10H,5-8,12H2,1-4H3. The van der Waals surface area contributed by atoms with Gasteiger partial charge in [0.25, 0.3) is 0 Å². The summed E-state index contributed by atoms with van der Waals surface area (Å²) in [5.41, 5.74) is 5.99. The average Bonchev–Trinajstić information content (AvgIpc) is 2.82. The Hall–Kier alpha value is -0.0800. The fourth-order valence-corrected chi connectivity index (χ4v) is 1.79. The summed E-state index contributed by atoms with van der Waals surface area (Å²) in [5, 5.41) is 0. The third-order valence-electron chi connectivity index (χ3n) is 2.83. The van der Waals surface area contributed by atoms with Crippen molar-refractivity contribution in [1.29, 1.82) is 0 Å². The first-order chi connectivity index (χ1) is 5.97. The van der Waals surface area contributed by atoms with Crippen LogP contribution in [0.3, 0.4) is 0 Å². The monoisotopic (exact) mass is 184 g/mol. The highest BCUT2D eigenvalue weighted by Crippen LogP contribution is 2.32. The summed E-state index contributed by atoms with van der Waals surface area (Å²) in [5.74, 6) is 0.742. The predicted octanol–water partition coefficient (Wildman–Crippen LogP) is 1.84. The normalized spacial score (nSPS) is 18.7. The van der Waals surface area contributed by atoms with Crippen molar-refractivity contribution in [3.63, 3.8) is 0 Å². The van der Waals surface area contributed by atoms with Crippen LogP contribution in [0.4, 0.5) is 0 Å². The van der Waals surface area contributed by atoms with E-state index in [1.807, 2.05) is 0 Å². The van der Waals surface area contributed by atoms with Crippen molar-refractivity contribution in [2.75, 3.05) is 13.1 Å². The molecule has 78 valence electrons. The van der Waals surface area contributed by atoms with Crippen LogP contribution in [0.15, 0.2) is 0 Å². The van der Waals surface area contributed by atoms with E-state index in [0.29, 0.717) is 0 Å². The van der Waals surface area contributed by atoms with E-state index >= 15 is 0 Å². The van der Waals surface area contributed by atoms with Crippen LogP contribution in [0.2, 0.25) is 0 Å². The lowest BCUT2D eigenvalue weighted by Crippen LogP contribution is -2.51. The van der Waals surface area contributed by atoms with E-state index in [1.54, 1.807) is 0 Å². The summed E-state index contributed by atoms with van der Waals surface area (Å²) in [6, 6.07) is 0.820. The molecule has 0 bridgehead atoms. The highest BCUT2D eigenvalue weighted by molar-refractivity contribution is 4.94. The molecule has 0 aromatic heterocycles. The highest BCUT2D eigenvalue weighted by Gasteiger charge is 2.37. The minimum Gasteiger partial charge on any atom is -0.329 e. The van der Waals surface area contributed by atoms with E-state index in [9.17, 15) is 0 Å². The molecule has 0 unspecified atom stereocenters. The first kappa shape index (κ1) is 11.0. The van der Waals surface area contributed by atoms with Gasteiger partial charge in [-0.25, -0.2) is 0 Å². The number of nitrogens with two attached hydrogens (primary N) is 1. The third kappa shape index (κ3) is 2.96. The third-order valence-corrected chi connectivity index (χ3v) is 2.83. The van der Waals surface area contributed by atoms with Gasteiger partial charge in [-0.15, -0.1) is 0 Å². The molecule has 0 radical (unpaired) electrons. The first-order valence-corrected chi connectivity index (χ1v) is 5.44. The molecule has 1 aliphatic rings. The Morgan fingerprint density at radius 3 is 2.23 bits per heavy atom. The Morgan fingerprint density at radius 1 is 1.38 bits per heavy atom. The summed E-state index contributed by atoms with van der Waals surface area (Å²) in [6.07, 6.45) is 2.74. The number of hydrogen-bond acceptors (Lipinski definition) is 2. The van der Waals surface area contributed by atoms with E-state index < -0.39 is 0 Å². The van der Waals surface area contributed by atoms with Gasteiger partial charge in [-0.3, -0.25) is 4.90 Å². The van der Waals surface area contributed by atoms with Gasteiger partial charge in [-0.1, -0.05) is 13.8 Å². The molecule has 2 heteroatoms. The van der Waals surface area contributed by atoms with Crippen LogP contribution in [0, 0.1) is 5.92 Å². The summed E-state index contributed by atoms with van der Waals surface area (Å²) in [6.45, 7) is 11.0. The van der Waals surface area contributed by atoms with Crippen molar-refractivity contribution in [3.05, 3.63) is 0 Å². The molecule has 0 aliphatic heterocycles. The largest absolute Gasteiger partial charge is 0.329 e. The summed E-state index contributed by atoms with van der Waals surface area (Å²) in [7, 11) is 0. The van der Waals surface area contributed by atoms with Crippen LogP contribution in [-0.2, 0) is 0 Å². The lowest BCUT2D eigenvalue weighted by atomic mass is 10.0. The Balaban J connectivity index is 2.55. The highest BCUT2D eigenvalue weighted by atomic mass is 15.2. The molecule has 1 aliphatic carbocycles. The molecule has 13 heavy (non-hydrogen) atoms. The van der Waals surface area contributed by atoms with Crippen molar-refractivity contribution >= 4 is 0 Å². The second kappa shape index (κ2) is 3.97. The van der Waals surface area contributed by atoms with E-state index in [0.717, 1.165) is 18.5 Å². The minimum atomic E-state index is 0.186. The zero-order valence-corrected chi connectivity index (χ0v) is 9.51. The molecular formula is C11H24N2. The maximum absolute atomic E-state index is 5.81. The van der Waals surface area contributed by atoms with Gasteiger partial charge in [0, 0.05) is 24.7 Å². The molecule has 1 rings (SSSR count). The lowest BCUT2D eigenvalue weighted by molar-refractivity contribution is 0.102. The Kier molecular flexibility index (Phi) is 3.36. The lowest BCUT2D eigenvalue weighted by Gasteiger charge is -2.39. The van der Waals surface area contributed by atoms with Crippen LogP contribution in [-0.4, -0.2) is 29.6 Å². The van der Waals surface area contributed by atoms with Gasteiger partial charge in [-0.05, 0) is 32.6 Å². The quantitative estimate of drug-likeness (QED) is 0.706. The van der Waals surface area contributed by atoms with E-state index in [2.05, 4.69) is 32.6 Å². The molecule has 0 heterocycles. The van der Waals surface area contributed by atoms with Gasteiger partial charge in [0.05, 0.1) is 0 Å². The molecule has 1 fully saturated rings. The molecule has 0 saturated heterocycles. The average molecular weight is 184 g/mol. The number of hydrogen-bond donors (Lipinski definition) is 1. The maximum atomic E-state index is 5.81. The molecule has 0 aromatic carbocycles. The van der Waals surface area contributed by atoms with Crippen LogP contribution in [0.5, 0.6) is 0 Å². The Bertz CT molecular complexity index is 159. The zero-order valence-electron chi connectivity index (χ0n) is 9.51. The van der Waals surface area contributed by atoms with E-state index in [-0.39, 0.29) is 5.54 Å². The zero-order chi connectivity index (χ0) is 10.1. The number of rotatable bonds is 5. The molecule has 0 atom stereocenters. The van der Waals surface area contributed by atoms with Crippen molar-refractivity contribution < 1.29 is 0 Å². The SMILES string of the molecule is CC(C)CN(C1CC1)C(C)(C)CN. The summed E-state index contributed by atoms with van der Waals surface area (Å²) < 4.78 is 0. The van der Waals surface area contributed by atoms with E-state index in [4.69, 9.17) is 5.73 Å². The van der Waals surface area contributed by atoms with Gasteiger partial charge in [0.1, 0.15) is 0 Å². The summed E-state index contributed by atoms with van der Waals surface area (Å²) in [4.78, 5) is 2.59. The minimum absolute atomic E-state index is 0.186. The Labute approximate surface area is 82.5 Å².